The molecule has 0 N–H and O–H groups in total. The first-order valence-electron chi connectivity index (χ1n) is 4.26. The number of thiophene rings is 1. The van der Waals surface area contributed by atoms with E-state index < -0.39 is 0 Å². The average molecular weight is 186 g/mol. The molecule has 0 aromatic carbocycles. The second-order valence-corrected chi connectivity index (χ2v) is 3.64. The van der Waals surface area contributed by atoms with Gasteiger partial charge in [0.05, 0.1) is 5.60 Å². The second-order valence-electron chi connectivity index (χ2n) is 2.69. The molecule has 1 nitrogen and oxygen atoms in total. The lowest BCUT2D eigenvalue weighted by molar-refractivity contribution is 0.0224. The van der Waals surface area contributed by atoms with Crippen molar-refractivity contribution in [2.75, 3.05) is 7.11 Å². The highest BCUT2D eigenvalue weighted by Crippen LogP contribution is 2.27. The van der Waals surface area contributed by atoms with Gasteiger partial charge in [-0.2, -0.15) is 0 Å². The minimum absolute atomic E-state index is 0.117. The Kier molecular flexibility index (Phi) is 5.18. The van der Waals surface area contributed by atoms with Gasteiger partial charge in [0.2, 0.25) is 0 Å². The van der Waals surface area contributed by atoms with Gasteiger partial charge >= 0.3 is 0 Å². The predicted molar refractivity (Wildman–Crippen MR) is 55.7 cm³/mol. The van der Waals surface area contributed by atoms with Crippen molar-refractivity contribution in [1.29, 1.82) is 0 Å². The third-order valence-electron chi connectivity index (χ3n) is 1.62. The summed E-state index contributed by atoms with van der Waals surface area (Å²) in [6.45, 7) is 8.14. The van der Waals surface area contributed by atoms with E-state index in [4.69, 9.17) is 4.74 Å². The fourth-order valence-electron chi connectivity index (χ4n) is 0.722. The zero-order valence-corrected chi connectivity index (χ0v) is 9.37. The van der Waals surface area contributed by atoms with Crippen molar-refractivity contribution in [3.63, 3.8) is 0 Å². The minimum Gasteiger partial charge on any atom is -0.373 e. The first kappa shape index (κ1) is 11.7. The van der Waals surface area contributed by atoms with Crippen LogP contribution in [-0.2, 0) is 10.3 Å². The summed E-state index contributed by atoms with van der Waals surface area (Å²) in [5.74, 6) is 0. The summed E-state index contributed by atoms with van der Waals surface area (Å²) in [5, 5.41) is 2.07. The zero-order valence-electron chi connectivity index (χ0n) is 8.55. The molecule has 0 radical (unpaired) electrons. The molecule has 1 heterocycles. The van der Waals surface area contributed by atoms with E-state index in [2.05, 4.69) is 25.3 Å². The molecule has 0 unspecified atom stereocenters. The molecular formula is C10H18OS. The number of hydrogen-bond donors (Lipinski definition) is 0. The molecule has 1 rings (SSSR count). The van der Waals surface area contributed by atoms with Crippen LogP contribution in [0.1, 0.15) is 32.6 Å². The fourth-order valence-corrected chi connectivity index (χ4v) is 1.55. The lowest BCUT2D eigenvalue weighted by Crippen LogP contribution is -2.17. The van der Waals surface area contributed by atoms with Crippen molar-refractivity contribution in [3.8, 4) is 0 Å². The maximum absolute atomic E-state index is 5.29. The van der Waals surface area contributed by atoms with E-state index in [-0.39, 0.29) is 5.60 Å². The molecule has 1 aromatic rings. The predicted octanol–water partition coefficient (Wildman–Crippen LogP) is 3.66. The van der Waals surface area contributed by atoms with Gasteiger partial charge in [0, 0.05) is 12.0 Å². The molecule has 2 heteroatoms. The highest BCUT2D eigenvalue weighted by molar-refractivity contribution is 7.10. The molecule has 0 bridgehead atoms. The van der Waals surface area contributed by atoms with Crippen molar-refractivity contribution in [3.05, 3.63) is 22.4 Å². The second kappa shape index (κ2) is 5.33. The molecule has 0 aliphatic heterocycles. The SMILES string of the molecule is CC.COC(C)(C)c1cccs1. The smallest absolute Gasteiger partial charge is 0.0962 e. The van der Waals surface area contributed by atoms with E-state index in [9.17, 15) is 0 Å². The molecule has 0 saturated carbocycles. The fraction of sp³-hybridized carbons (Fsp3) is 0.600. The van der Waals surface area contributed by atoms with Gasteiger partial charge in [0.1, 0.15) is 0 Å². The van der Waals surface area contributed by atoms with E-state index in [1.807, 2.05) is 19.9 Å². The van der Waals surface area contributed by atoms with E-state index in [0.717, 1.165) is 0 Å². The van der Waals surface area contributed by atoms with Crippen LogP contribution in [-0.4, -0.2) is 7.11 Å². The van der Waals surface area contributed by atoms with Gasteiger partial charge in [-0.1, -0.05) is 19.9 Å². The van der Waals surface area contributed by atoms with E-state index >= 15 is 0 Å². The number of hydrogen-bond acceptors (Lipinski definition) is 2. The first-order valence-corrected chi connectivity index (χ1v) is 5.14. The lowest BCUT2D eigenvalue weighted by Gasteiger charge is -2.20. The molecule has 0 aliphatic carbocycles. The Balaban J connectivity index is 0.000000561. The van der Waals surface area contributed by atoms with Crippen LogP contribution < -0.4 is 0 Å². The van der Waals surface area contributed by atoms with Gasteiger partial charge in [0.25, 0.3) is 0 Å². The van der Waals surface area contributed by atoms with Crippen molar-refractivity contribution >= 4 is 11.3 Å². The molecule has 0 atom stereocenters. The van der Waals surface area contributed by atoms with Gasteiger partial charge < -0.3 is 4.74 Å². The quantitative estimate of drug-likeness (QED) is 0.685. The van der Waals surface area contributed by atoms with Crippen LogP contribution in [0.15, 0.2) is 17.5 Å². The number of ether oxygens (including phenoxy) is 1. The standard InChI is InChI=1S/C8H12OS.C2H6/c1-8(2,9-3)7-5-4-6-10-7;1-2/h4-6H,1-3H3;1-2H3. The molecule has 1 aromatic heterocycles. The summed E-state index contributed by atoms with van der Waals surface area (Å²) in [4.78, 5) is 1.27. The van der Waals surface area contributed by atoms with Crippen LogP contribution in [0.3, 0.4) is 0 Å². The van der Waals surface area contributed by atoms with Crippen molar-refractivity contribution < 1.29 is 4.74 Å². The summed E-state index contributed by atoms with van der Waals surface area (Å²) >= 11 is 1.73. The third kappa shape index (κ3) is 2.95. The summed E-state index contributed by atoms with van der Waals surface area (Å²) in [7, 11) is 1.74. The normalized spacial score (nSPS) is 10.4. The Labute approximate surface area is 79.4 Å². The summed E-state index contributed by atoms with van der Waals surface area (Å²) < 4.78 is 5.29. The van der Waals surface area contributed by atoms with Gasteiger partial charge in [0.15, 0.2) is 0 Å². The molecule has 0 spiro atoms. The maximum atomic E-state index is 5.29. The first-order chi connectivity index (χ1) is 5.67. The Morgan fingerprint density at radius 3 is 2.25 bits per heavy atom. The highest BCUT2D eigenvalue weighted by atomic mass is 32.1. The van der Waals surface area contributed by atoms with Crippen LogP contribution in [0, 0.1) is 0 Å². The molecule has 12 heavy (non-hydrogen) atoms. The van der Waals surface area contributed by atoms with Gasteiger partial charge in [-0.3, -0.25) is 0 Å². The Bertz CT molecular complexity index is 190. The Hall–Kier alpha value is -0.340. The summed E-state index contributed by atoms with van der Waals surface area (Å²) in [5.41, 5.74) is -0.117. The largest absolute Gasteiger partial charge is 0.373 e. The Morgan fingerprint density at radius 1 is 1.33 bits per heavy atom. The van der Waals surface area contributed by atoms with Gasteiger partial charge in [-0.15, -0.1) is 11.3 Å². The molecular weight excluding hydrogens is 168 g/mol. The number of rotatable bonds is 2. The molecule has 0 amide bonds. The molecule has 0 aliphatic rings. The van der Waals surface area contributed by atoms with Crippen molar-refractivity contribution in [1.82, 2.24) is 0 Å². The van der Waals surface area contributed by atoms with Crippen molar-refractivity contribution in [2.45, 2.75) is 33.3 Å². The van der Waals surface area contributed by atoms with Crippen LogP contribution in [0.5, 0.6) is 0 Å². The summed E-state index contributed by atoms with van der Waals surface area (Å²) in [6.07, 6.45) is 0. The monoisotopic (exact) mass is 186 g/mol. The van der Waals surface area contributed by atoms with E-state index in [1.54, 1.807) is 18.4 Å². The zero-order chi connectivity index (χ0) is 9.61. The van der Waals surface area contributed by atoms with E-state index in [0.29, 0.717) is 0 Å². The molecule has 0 fully saturated rings. The lowest BCUT2D eigenvalue weighted by atomic mass is 10.1. The van der Waals surface area contributed by atoms with E-state index in [1.165, 1.54) is 4.88 Å². The highest BCUT2D eigenvalue weighted by Gasteiger charge is 2.19. The van der Waals surface area contributed by atoms with Crippen LogP contribution >= 0.6 is 11.3 Å². The third-order valence-corrected chi connectivity index (χ3v) is 2.80. The number of methoxy groups -OCH3 is 1. The molecule has 70 valence electrons. The maximum Gasteiger partial charge on any atom is 0.0962 e. The van der Waals surface area contributed by atoms with Crippen LogP contribution in [0.2, 0.25) is 0 Å². The average Bonchev–Trinajstić information content (AvgIpc) is 2.61. The van der Waals surface area contributed by atoms with Gasteiger partial charge in [-0.25, -0.2) is 0 Å². The topological polar surface area (TPSA) is 9.23 Å². The minimum atomic E-state index is -0.117. The van der Waals surface area contributed by atoms with Gasteiger partial charge in [-0.05, 0) is 25.3 Å². The van der Waals surface area contributed by atoms with Crippen molar-refractivity contribution in [2.24, 2.45) is 0 Å². The molecule has 0 saturated heterocycles. The summed E-state index contributed by atoms with van der Waals surface area (Å²) in [6, 6.07) is 4.13. The van der Waals surface area contributed by atoms with Crippen LogP contribution in [0.4, 0.5) is 0 Å². The Morgan fingerprint density at radius 2 is 1.92 bits per heavy atom. The van der Waals surface area contributed by atoms with Crippen LogP contribution in [0.25, 0.3) is 0 Å².